The smallest absolute Gasteiger partial charge is 0.209 e. The Hall–Kier alpha value is -1.86. The van der Waals surface area contributed by atoms with E-state index in [9.17, 15) is 16.8 Å². The molecule has 0 saturated carbocycles. The quantitative estimate of drug-likeness (QED) is 0.427. The van der Waals surface area contributed by atoms with Crippen LogP contribution in [0.25, 0.3) is 0 Å². The monoisotopic (exact) mass is 498 g/mol. The van der Waals surface area contributed by atoms with Crippen LogP contribution < -0.4 is 14.8 Å². The number of hydrogen-bond acceptors (Lipinski definition) is 7. The van der Waals surface area contributed by atoms with E-state index in [2.05, 4.69) is 43.9 Å². The lowest BCUT2D eigenvalue weighted by molar-refractivity contribution is 0.105. The van der Waals surface area contributed by atoms with Crippen LogP contribution in [0.1, 0.15) is 17.2 Å². The fourth-order valence-corrected chi connectivity index (χ4v) is 5.19. The molecule has 0 bridgehead atoms. The molecule has 0 aromatic heterocycles. The van der Waals surface area contributed by atoms with Crippen molar-refractivity contribution in [3.05, 3.63) is 71.8 Å². The highest BCUT2D eigenvalue weighted by Gasteiger charge is 2.35. The molecule has 33 heavy (non-hydrogen) atoms. The van der Waals surface area contributed by atoms with Gasteiger partial charge in [0.1, 0.15) is 0 Å². The lowest BCUT2D eigenvalue weighted by Gasteiger charge is -2.44. The molecular weight excluding hydrogens is 464 g/mol. The third-order valence-corrected chi connectivity index (χ3v) is 6.57. The molecule has 0 spiro atoms. The van der Waals surface area contributed by atoms with Crippen LogP contribution in [0.5, 0.6) is 0 Å². The highest BCUT2D eigenvalue weighted by molar-refractivity contribution is 7.89. The second kappa shape index (κ2) is 12.6. The van der Waals surface area contributed by atoms with Gasteiger partial charge in [-0.15, -0.1) is 0 Å². The van der Waals surface area contributed by atoms with Crippen molar-refractivity contribution in [1.29, 1.82) is 0 Å². The average Bonchev–Trinajstić information content (AvgIpc) is 2.71. The van der Waals surface area contributed by atoms with Crippen molar-refractivity contribution in [3.8, 4) is 0 Å². The summed E-state index contributed by atoms with van der Waals surface area (Å²) in [6.07, 6.45) is 2.38. The van der Waals surface area contributed by atoms with Crippen LogP contribution in [0.3, 0.4) is 0 Å². The van der Waals surface area contributed by atoms with Crippen molar-refractivity contribution in [3.63, 3.8) is 0 Å². The van der Waals surface area contributed by atoms with Gasteiger partial charge >= 0.3 is 0 Å². The lowest BCUT2D eigenvalue weighted by Crippen LogP contribution is -2.59. The SMILES string of the molecule is CO.CS(=O)(=O)NC1CN(C(c2ccccc2)c2ccccc2)C1.CS(=O)(=O)NC1CNC1. The Morgan fingerprint density at radius 1 is 0.788 bits per heavy atom. The summed E-state index contributed by atoms with van der Waals surface area (Å²) in [4.78, 5) is 2.30. The van der Waals surface area contributed by atoms with Gasteiger partial charge in [-0.25, -0.2) is 26.3 Å². The van der Waals surface area contributed by atoms with Crippen molar-refractivity contribution in [2.75, 3.05) is 45.8 Å². The summed E-state index contributed by atoms with van der Waals surface area (Å²) >= 11 is 0. The van der Waals surface area contributed by atoms with Crippen LogP contribution in [-0.4, -0.2) is 84.7 Å². The first kappa shape index (κ1) is 27.4. The number of benzene rings is 2. The number of nitrogens with one attached hydrogen (secondary N) is 3. The predicted molar refractivity (Wildman–Crippen MR) is 131 cm³/mol. The number of aliphatic hydroxyl groups excluding tert-OH is 1. The molecule has 0 radical (unpaired) electrons. The van der Waals surface area contributed by atoms with E-state index in [0.29, 0.717) is 0 Å². The zero-order valence-corrected chi connectivity index (χ0v) is 20.8. The van der Waals surface area contributed by atoms with Gasteiger partial charge in [0.15, 0.2) is 0 Å². The number of sulfonamides is 2. The minimum Gasteiger partial charge on any atom is -0.400 e. The number of nitrogens with zero attached hydrogens (tertiary/aromatic N) is 1. The molecule has 184 valence electrons. The molecule has 2 heterocycles. The summed E-state index contributed by atoms with van der Waals surface area (Å²) in [5.74, 6) is 0. The third kappa shape index (κ3) is 9.49. The zero-order valence-electron chi connectivity index (χ0n) is 19.2. The molecule has 0 aliphatic carbocycles. The molecule has 2 aliphatic rings. The highest BCUT2D eigenvalue weighted by Crippen LogP contribution is 2.32. The maximum Gasteiger partial charge on any atom is 0.209 e. The predicted octanol–water partition coefficient (Wildman–Crippen LogP) is 0.125. The van der Waals surface area contributed by atoms with E-state index in [0.717, 1.165) is 33.3 Å². The molecule has 4 rings (SSSR count). The first-order valence-electron chi connectivity index (χ1n) is 10.5. The zero-order chi connectivity index (χ0) is 24.5. The minimum atomic E-state index is -3.14. The number of rotatable bonds is 7. The fourth-order valence-electron chi connectivity index (χ4n) is 3.66. The van der Waals surface area contributed by atoms with Crippen molar-refractivity contribution in [1.82, 2.24) is 19.7 Å². The molecular formula is C22H34N4O5S2. The standard InChI is InChI=1S/C17H20N2O2S.C4H10N2O2S.CH4O/c1-22(20,21)18-16-12-19(13-16)17(14-8-4-2-5-9-14)15-10-6-3-7-11-15;1-9(7,8)6-4-2-5-3-4;1-2/h2-11,16-18H,12-13H2,1H3;4-6H,2-3H2,1H3;2H,1H3. The summed E-state index contributed by atoms with van der Waals surface area (Å²) in [6.45, 7) is 2.96. The Morgan fingerprint density at radius 2 is 1.18 bits per heavy atom. The van der Waals surface area contributed by atoms with Gasteiger partial charge < -0.3 is 10.4 Å². The largest absolute Gasteiger partial charge is 0.400 e. The molecule has 2 fully saturated rings. The van der Waals surface area contributed by atoms with Crippen molar-refractivity contribution >= 4 is 20.0 Å². The highest BCUT2D eigenvalue weighted by atomic mass is 32.2. The van der Waals surface area contributed by atoms with E-state index in [1.54, 1.807) is 0 Å². The van der Waals surface area contributed by atoms with E-state index < -0.39 is 20.0 Å². The molecule has 2 aromatic rings. The summed E-state index contributed by atoms with van der Waals surface area (Å²) in [6, 6.07) is 21.0. The maximum atomic E-state index is 11.3. The first-order chi connectivity index (χ1) is 15.6. The van der Waals surface area contributed by atoms with Gasteiger partial charge in [-0.2, -0.15) is 0 Å². The number of hydrogen-bond donors (Lipinski definition) is 4. The summed E-state index contributed by atoms with van der Waals surface area (Å²) < 4.78 is 48.8. The van der Waals surface area contributed by atoms with Crippen molar-refractivity contribution < 1.29 is 21.9 Å². The second-order valence-corrected chi connectivity index (χ2v) is 11.6. The van der Waals surface area contributed by atoms with Crippen LogP contribution in [0, 0.1) is 0 Å². The average molecular weight is 499 g/mol. The van der Waals surface area contributed by atoms with Crippen LogP contribution in [0.15, 0.2) is 60.7 Å². The molecule has 4 N–H and O–H groups in total. The van der Waals surface area contributed by atoms with E-state index in [1.807, 2.05) is 36.4 Å². The minimum absolute atomic E-state index is 0.00456. The molecule has 0 unspecified atom stereocenters. The number of aliphatic hydroxyl groups is 1. The van der Waals surface area contributed by atoms with Crippen molar-refractivity contribution in [2.24, 2.45) is 0 Å². The Bertz CT molecular complexity index is 1000. The van der Waals surface area contributed by atoms with Gasteiger partial charge in [-0.05, 0) is 11.1 Å². The normalized spacial score (nSPS) is 17.1. The van der Waals surface area contributed by atoms with E-state index in [1.165, 1.54) is 23.6 Å². The van der Waals surface area contributed by atoms with Crippen molar-refractivity contribution in [2.45, 2.75) is 18.1 Å². The lowest BCUT2D eigenvalue weighted by atomic mass is 9.93. The van der Waals surface area contributed by atoms with Crippen LogP contribution in [0.2, 0.25) is 0 Å². The second-order valence-electron chi connectivity index (χ2n) is 8.01. The van der Waals surface area contributed by atoms with Gasteiger partial charge in [0.2, 0.25) is 20.0 Å². The third-order valence-electron chi connectivity index (χ3n) is 5.05. The summed E-state index contributed by atoms with van der Waals surface area (Å²) in [7, 11) is -5.11. The molecule has 11 heteroatoms. The molecule has 0 amide bonds. The number of likely N-dealkylation sites (tertiary alicyclic amines) is 1. The molecule has 2 saturated heterocycles. The Kier molecular flexibility index (Phi) is 10.4. The van der Waals surface area contributed by atoms with Crippen LogP contribution in [-0.2, 0) is 20.0 Å². The Labute approximate surface area is 197 Å². The van der Waals surface area contributed by atoms with E-state index in [-0.39, 0.29) is 18.1 Å². The molecule has 0 atom stereocenters. The van der Waals surface area contributed by atoms with Crippen LogP contribution in [0.4, 0.5) is 0 Å². The summed E-state index contributed by atoms with van der Waals surface area (Å²) in [5, 5.41) is 9.96. The van der Waals surface area contributed by atoms with Gasteiger partial charge in [0.05, 0.1) is 18.6 Å². The fraction of sp³-hybridized carbons (Fsp3) is 0.455. The first-order valence-corrected chi connectivity index (χ1v) is 14.3. The van der Waals surface area contributed by atoms with Gasteiger partial charge in [0, 0.05) is 45.4 Å². The molecule has 2 aromatic carbocycles. The molecule has 2 aliphatic heterocycles. The maximum absolute atomic E-state index is 11.3. The topological polar surface area (TPSA) is 128 Å². The van der Waals surface area contributed by atoms with E-state index >= 15 is 0 Å². The summed E-state index contributed by atoms with van der Waals surface area (Å²) in [5.41, 5.74) is 2.46. The van der Waals surface area contributed by atoms with Crippen LogP contribution >= 0.6 is 0 Å². The Morgan fingerprint density at radius 3 is 1.48 bits per heavy atom. The van der Waals surface area contributed by atoms with Gasteiger partial charge in [0.25, 0.3) is 0 Å². The van der Waals surface area contributed by atoms with Gasteiger partial charge in [-0.1, -0.05) is 60.7 Å². The Balaban J connectivity index is 0.000000293. The van der Waals surface area contributed by atoms with E-state index in [4.69, 9.17) is 5.11 Å². The van der Waals surface area contributed by atoms with Gasteiger partial charge in [-0.3, -0.25) is 4.90 Å². The molecule has 9 nitrogen and oxygen atoms in total.